The van der Waals surface area contributed by atoms with E-state index in [0.29, 0.717) is 30.6 Å². The normalized spacial score (nSPS) is 19.7. The van der Waals surface area contributed by atoms with Crippen molar-refractivity contribution < 1.29 is 8.42 Å². The fraction of sp³-hybridized carbons (Fsp3) is 0.417. The number of nitrogens with two attached hydrogens (primary N) is 1. The van der Waals surface area contributed by atoms with Crippen LogP contribution in [-0.2, 0) is 10.0 Å². The number of sulfonamides is 1. The van der Waals surface area contributed by atoms with Crippen LogP contribution in [0.25, 0.3) is 0 Å². The Morgan fingerprint density at radius 2 is 2.16 bits per heavy atom. The third-order valence-corrected chi connectivity index (χ3v) is 5.00. The van der Waals surface area contributed by atoms with Gasteiger partial charge in [0.05, 0.1) is 16.5 Å². The average molecular weight is 302 g/mol. The van der Waals surface area contributed by atoms with Crippen molar-refractivity contribution in [3.05, 3.63) is 29.3 Å². The third-order valence-electron chi connectivity index (χ3n) is 3.14. The van der Waals surface area contributed by atoms with Gasteiger partial charge < -0.3 is 5.73 Å². The minimum Gasteiger partial charge on any atom is -0.326 e. The van der Waals surface area contributed by atoms with Crippen LogP contribution < -0.4 is 5.73 Å². The highest BCUT2D eigenvalue weighted by molar-refractivity contribution is 7.89. The number of nitrogens with zero attached hydrogens (tertiary/aromatic N) is 2. The van der Waals surface area contributed by atoms with Gasteiger partial charge >= 0.3 is 0 Å². The van der Waals surface area contributed by atoms with E-state index < -0.39 is 10.0 Å². The lowest BCUT2D eigenvalue weighted by atomic mass is 10.1. The van der Waals surface area contributed by atoms with Gasteiger partial charge in [0.15, 0.2) is 0 Å². The molecule has 1 aromatic carbocycles. The topological polar surface area (TPSA) is 87.2 Å². The highest BCUT2D eigenvalue weighted by Crippen LogP contribution is 2.22. The minimum absolute atomic E-state index is 0. The monoisotopic (exact) mass is 301 g/mol. The molecule has 19 heavy (non-hydrogen) atoms. The number of hydrogen-bond donors (Lipinski definition) is 1. The zero-order chi connectivity index (χ0) is 13.3. The number of halogens is 1. The Kier molecular flexibility index (Phi) is 4.93. The fourth-order valence-corrected chi connectivity index (χ4v) is 3.64. The molecule has 2 rings (SSSR count). The molecule has 1 fully saturated rings. The van der Waals surface area contributed by atoms with Gasteiger partial charge in [-0.25, -0.2) is 8.42 Å². The van der Waals surface area contributed by atoms with Crippen molar-refractivity contribution in [2.75, 3.05) is 13.1 Å². The molecule has 0 radical (unpaired) electrons. The van der Waals surface area contributed by atoms with E-state index in [1.807, 2.05) is 6.07 Å². The highest BCUT2D eigenvalue weighted by atomic mass is 35.5. The Morgan fingerprint density at radius 1 is 1.47 bits per heavy atom. The third kappa shape index (κ3) is 3.07. The zero-order valence-electron chi connectivity index (χ0n) is 10.5. The number of rotatable bonds is 2. The number of nitriles is 1. The van der Waals surface area contributed by atoms with Crippen LogP contribution in [-0.4, -0.2) is 31.9 Å². The molecule has 5 nitrogen and oxygen atoms in total. The second-order valence-electron chi connectivity index (χ2n) is 4.50. The SMILES string of the molecule is Cc1cc(S(=O)(=O)N2CC[C@@H](N)C2)ccc1C#N.Cl. The number of hydrogen-bond acceptors (Lipinski definition) is 4. The predicted octanol–water partition coefficient (Wildman–Crippen LogP) is 1.01. The van der Waals surface area contributed by atoms with Crippen molar-refractivity contribution in [2.45, 2.75) is 24.3 Å². The maximum absolute atomic E-state index is 12.3. The summed E-state index contributed by atoms with van der Waals surface area (Å²) in [5.74, 6) is 0. The molecule has 1 atom stereocenters. The standard InChI is InChI=1S/C12H15N3O2S.ClH/c1-9-6-12(3-2-10(9)7-13)18(16,17)15-5-4-11(14)8-15;/h2-3,6,11H,4-5,8,14H2,1H3;1H/t11-;/m1./s1. The summed E-state index contributed by atoms with van der Waals surface area (Å²) < 4.78 is 26.0. The maximum Gasteiger partial charge on any atom is 0.243 e. The molecule has 0 bridgehead atoms. The Hall–Kier alpha value is -1.13. The summed E-state index contributed by atoms with van der Waals surface area (Å²) in [7, 11) is -3.48. The van der Waals surface area contributed by atoms with Crippen molar-refractivity contribution in [3.63, 3.8) is 0 Å². The molecule has 1 saturated heterocycles. The van der Waals surface area contributed by atoms with E-state index in [1.165, 1.54) is 22.5 Å². The van der Waals surface area contributed by atoms with Gasteiger partial charge in [-0.1, -0.05) is 0 Å². The van der Waals surface area contributed by atoms with Crippen molar-refractivity contribution in [1.82, 2.24) is 4.31 Å². The number of aryl methyl sites for hydroxylation is 1. The second-order valence-corrected chi connectivity index (χ2v) is 6.44. The number of benzene rings is 1. The van der Waals surface area contributed by atoms with Crippen molar-refractivity contribution in [3.8, 4) is 6.07 Å². The largest absolute Gasteiger partial charge is 0.326 e. The van der Waals surface area contributed by atoms with Crippen LogP contribution in [0.15, 0.2) is 23.1 Å². The van der Waals surface area contributed by atoms with Gasteiger partial charge in [0.2, 0.25) is 10.0 Å². The van der Waals surface area contributed by atoms with Crippen LogP contribution in [0.4, 0.5) is 0 Å². The lowest BCUT2D eigenvalue weighted by molar-refractivity contribution is 0.472. The van der Waals surface area contributed by atoms with Gasteiger partial charge in [-0.15, -0.1) is 12.4 Å². The molecule has 0 aliphatic carbocycles. The van der Waals surface area contributed by atoms with E-state index in [2.05, 4.69) is 0 Å². The summed E-state index contributed by atoms with van der Waals surface area (Å²) in [6.07, 6.45) is 0.689. The average Bonchev–Trinajstić information content (AvgIpc) is 2.76. The first-order chi connectivity index (χ1) is 8.45. The molecule has 1 aromatic rings. The molecule has 1 aliphatic heterocycles. The highest BCUT2D eigenvalue weighted by Gasteiger charge is 2.30. The Balaban J connectivity index is 0.00000180. The molecule has 2 N–H and O–H groups in total. The van der Waals surface area contributed by atoms with Crippen LogP contribution in [0.2, 0.25) is 0 Å². The summed E-state index contributed by atoms with van der Waals surface area (Å²) in [5, 5.41) is 8.83. The minimum atomic E-state index is -3.48. The first-order valence-corrected chi connectivity index (χ1v) is 7.15. The van der Waals surface area contributed by atoms with Crippen LogP contribution in [0.1, 0.15) is 17.5 Å². The molecular weight excluding hydrogens is 286 g/mol. The lowest BCUT2D eigenvalue weighted by Gasteiger charge is -2.16. The van der Waals surface area contributed by atoms with E-state index in [-0.39, 0.29) is 23.3 Å². The Morgan fingerprint density at radius 3 is 2.63 bits per heavy atom. The Labute approximate surface area is 119 Å². The van der Waals surface area contributed by atoms with Crippen LogP contribution in [0.3, 0.4) is 0 Å². The summed E-state index contributed by atoms with van der Waals surface area (Å²) >= 11 is 0. The second kappa shape index (κ2) is 5.88. The van der Waals surface area contributed by atoms with Gasteiger partial charge in [-0.2, -0.15) is 9.57 Å². The maximum atomic E-state index is 12.3. The van der Waals surface area contributed by atoms with Crippen LogP contribution >= 0.6 is 12.4 Å². The molecule has 0 amide bonds. The Bertz CT molecular complexity index is 610. The van der Waals surface area contributed by atoms with Gasteiger partial charge in [0.25, 0.3) is 0 Å². The van der Waals surface area contributed by atoms with Crippen molar-refractivity contribution in [2.24, 2.45) is 5.73 Å². The summed E-state index contributed by atoms with van der Waals surface area (Å²) in [5.41, 5.74) is 6.89. The molecule has 0 spiro atoms. The quantitative estimate of drug-likeness (QED) is 0.883. The summed E-state index contributed by atoms with van der Waals surface area (Å²) in [6, 6.07) is 6.49. The summed E-state index contributed by atoms with van der Waals surface area (Å²) in [6.45, 7) is 2.55. The molecule has 0 saturated carbocycles. The molecule has 0 aromatic heterocycles. The van der Waals surface area contributed by atoms with E-state index in [4.69, 9.17) is 11.0 Å². The van der Waals surface area contributed by atoms with E-state index in [1.54, 1.807) is 6.92 Å². The molecule has 1 heterocycles. The zero-order valence-corrected chi connectivity index (χ0v) is 12.2. The fourth-order valence-electron chi connectivity index (χ4n) is 2.04. The van der Waals surface area contributed by atoms with Crippen LogP contribution in [0, 0.1) is 18.3 Å². The smallest absolute Gasteiger partial charge is 0.243 e. The van der Waals surface area contributed by atoms with Gasteiger partial charge in [0, 0.05) is 19.1 Å². The van der Waals surface area contributed by atoms with Gasteiger partial charge in [0.1, 0.15) is 0 Å². The molecule has 0 unspecified atom stereocenters. The molecule has 7 heteroatoms. The molecular formula is C12H16ClN3O2S. The van der Waals surface area contributed by atoms with E-state index in [0.717, 1.165) is 0 Å². The van der Waals surface area contributed by atoms with Gasteiger partial charge in [-0.05, 0) is 37.1 Å². The van der Waals surface area contributed by atoms with E-state index >= 15 is 0 Å². The molecule has 1 aliphatic rings. The first-order valence-electron chi connectivity index (χ1n) is 5.71. The van der Waals surface area contributed by atoms with Crippen molar-refractivity contribution >= 4 is 22.4 Å². The van der Waals surface area contributed by atoms with Crippen molar-refractivity contribution in [1.29, 1.82) is 5.26 Å². The summed E-state index contributed by atoms with van der Waals surface area (Å²) in [4.78, 5) is 0.230. The van der Waals surface area contributed by atoms with Gasteiger partial charge in [-0.3, -0.25) is 0 Å². The molecule has 104 valence electrons. The van der Waals surface area contributed by atoms with E-state index in [9.17, 15) is 8.42 Å². The van der Waals surface area contributed by atoms with Crippen LogP contribution in [0.5, 0.6) is 0 Å². The lowest BCUT2D eigenvalue weighted by Crippen LogP contribution is -2.32. The predicted molar refractivity (Wildman–Crippen MR) is 74.5 cm³/mol. The first kappa shape index (κ1) is 15.9.